The smallest absolute Gasteiger partial charge is 0.239 e. The van der Waals surface area contributed by atoms with Crippen LogP contribution in [0.5, 0.6) is 0 Å². The van der Waals surface area contributed by atoms with Crippen molar-refractivity contribution in [3.05, 3.63) is 0 Å². The zero-order valence-corrected chi connectivity index (χ0v) is 10.8. The van der Waals surface area contributed by atoms with E-state index in [-0.39, 0.29) is 24.3 Å². The van der Waals surface area contributed by atoms with Crippen LogP contribution in [0, 0.1) is 5.92 Å². The molecule has 1 rings (SSSR count). The van der Waals surface area contributed by atoms with Gasteiger partial charge in [-0.2, -0.15) is 0 Å². The number of unbranched alkanes of at least 4 members (excludes halogenated alkanes) is 1. The van der Waals surface area contributed by atoms with E-state index in [1.165, 1.54) is 6.42 Å². The molecule has 0 spiro atoms. The summed E-state index contributed by atoms with van der Waals surface area (Å²) < 4.78 is 0. The van der Waals surface area contributed by atoms with Crippen LogP contribution in [0.2, 0.25) is 0 Å². The lowest BCUT2D eigenvalue weighted by Gasteiger charge is -2.20. The Morgan fingerprint density at radius 1 is 1.12 bits per heavy atom. The molecule has 2 amide bonds. The fraction of sp³-hybridized carbons (Fsp3) is 0.846. The summed E-state index contributed by atoms with van der Waals surface area (Å²) in [5.41, 5.74) is 0. The zero-order chi connectivity index (χ0) is 12.5. The molecule has 1 fully saturated rings. The third-order valence-corrected chi connectivity index (χ3v) is 3.25. The predicted octanol–water partition coefficient (Wildman–Crippen LogP) is 1.60. The predicted molar refractivity (Wildman–Crippen MR) is 67.5 cm³/mol. The molecule has 0 aromatic heterocycles. The Bertz CT molecular complexity index is 248. The van der Waals surface area contributed by atoms with Crippen molar-refractivity contribution in [1.82, 2.24) is 10.6 Å². The lowest BCUT2D eigenvalue weighted by molar-refractivity contribution is -0.129. The van der Waals surface area contributed by atoms with Crippen molar-refractivity contribution in [2.24, 2.45) is 5.92 Å². The van der Waals surface area contributed by atoms with Crippen LogP contribution in [0.3, 0.4) is 0 Å². The summed E-state index contributed by atoms with van der Waals surface area (Å²) in [5.74, 6) is 0.102. The quantitative estimate of drug-likeness (QED) is 0.693. The third-order valence-electron chi connectivity index (χ3n) is 3.25. The molecule has 0 saturated heterocycles. The molecule has 0 aliphatic heterocycles. The Balaban J connectivity index is 2.11. The highest BCUT2D eigenvalue weighted by atomic mass is 16.2. The maximum atomic E-state index is 11.7. The van der Waals surface area contributed by atoms with Crippen LogP contribution in [-0.2, 0) is 9.59 Å². The summed E-state index contributed by atoms with van der Waals surface area (Å²) >= 11 is 0. The van der Waals surface area contributed by atoms with E-state index < -0.39 is 0 Å². The molecule has 4 heteroatoms. The molecule has 1 saturated carbocycles. The van der Waals surface area contributed by atoms with Gasteiger partial charge in [-0.05, 0) is 19.3 Å². The first kappa shape index (κ1) is 14.0. The first-order valence-corrected chi connectivity index (χ1v) is 6.78. The standard InChI is InChI=1S/C13H24N2O2/c1-2-3-9-14-12(16)10-15-13(17)11-7-5-4-6-8-11/h11H,2-10H2,1H3,(H,14,16)(H,15,17). The van der Waals surface area contributed by atoms with Crippen molar-refractivity contribution >= 4 is 11.8 Å². The molecule has 0 unspecified atom stereocenters. The van der Waals surface area contributed by atoms with Gasteiger partial charge in [0.2, 0.25) is 11.8 Å². The number of hydrogen-bond donors (Lipinski definition) is 2. The summed E-state index contributed by atoms with van der Waals surface area (Å²) in [6, 6.07) is 0. The Morgan fingerprint density at radius 3 is 2.47 bits per heavy atom. The van der Waals surface area contributed by atoms with Crippen LogP contribution in [0.1, 0.15) is 51.9 Å². The minimum atomic E-state index is -0.0809. The Morgan fingerprint density at radius 2 is 1.82 bits per heavy atom. The highest BCUT2D eigenvalue weighted by Crippen LogP contribution is 2.23. The second-order valence-corrected chi connectivity index (χ2v) is 4.76. The van der Waals surface area contributed by atoms with Gasteiger partial charge in [-0.15, -0.1) is 0 Å². The van der Waals surface area contributed by atoms with E-state index in [9.17, 15) is 9.59 Å². The fourth-order valence-electron chi connectivity index (χ4n) is 2.14. The molecule has 0 radical (unpaired) electrons. The second kappa shape index (κ2) is 8.09. The normalized spacial score (nSPS) is 16.5. The first-order valence-electron chi connectivity index (χ1n) is 6.78. The topological polar surface area (TPSA) is 58.2 Å². The molecule has 1 aliphatic rings. The number of amides is 2. The fourth-order valence-corrected chi connectivity index (χ4v) is 2.14. The Kier molecular flexibility index (Phi) is 6.67. The van der Waals surface area contributed by atoms with Gasteiger partial charge in [0.1, 0.15) is 0 Å². The molecule has 0 atom stereocenters. The van der Waals surface area contributed by atoms with Gasteiger partial charge in [-0.25, -0.2) is 0 Å². The SMILES string of the molecule is CCCCNC(=O)CNC(=O)C1CCCCC1. The van der Waals surface area contributed by atoms with Crippen molar-refractivity contribution in [2.45, 2.75) is 51.9 Å². The molecule has 0 aromatic rings. The van der Waals surface area contributed by atoms with E-state index in [0.29, 0.717) is 6.54 Å². The van der Waals surface area contributed by atoms with Crippen LogP contribution < -0.4 is 10.6 Å². The average Bonchev–Trinajstić information content (AvgIpc) is 2.37. The molecular weight excluding hydrogens is 216 g/mol. The lowest BCUT2D eigenvalue weighted by Crippen LogP contribution is -2.40. The van der Waals surface area contributed by atoms with E-state index in [0.717, 1.165) is 38.5 Å². The Hall–Kier alpha value is -1.06. The number of carbonyl (C=O) groups excluding carboxylic acids is 2. The van der Waals surface area contributed by atoms with Gasteiger partial charge in [-0.1, -0.05) is 32.6 Å². The van der Waals surface area contributed by atoms with Crippen LogP contribution >= 0.6 is 0 Å². The second-order valence-electron chi connectivity index (χ2n) is 4.76. The summed E-state index contributed by atoms with van der Waals surface area (Å²) in [6.07, 6.45) is 7.52. The van der Waals surface area contributed by atoms with Gasteiger partial charge in [0.25, 0.3) is 0 Å². The lowest BCUT2D eigenvalue weighted by atomic mass is 9.89. The molecule has 1 aliphatic carbocycles. The highest BCUT2D eigenvalue weighted by molar-refractivity contribution is 5.85. The monoisotopic (exact) mass is 240 g/mol. The minimum absolute atomic E-state index is 0.0512. The molecular formula is C13H24N2O2. The van der Waals surface area contributed by atoms with E-state index >= 15 is 0 Å². The van der Waals surface area contributed by atoms with Crippen molar-refractivity contribution in [3.63, 3.8) is 0 Å². The van der Waals surface area contributed by atoms with Crippen molar-refractivity contribution in [3.8, 4) is 0 Å². The number of rotatable bonds is 6. The van der Waals surface area contributed by atoms with Crippen molar-refractivity contribution in [1.29, 1.82) is 0 Å². The first-order chi connectivity index (χ1) is 8.24. The zero-order valence-electron chi connectivity index (χ0n) is 10.8. The molecule has 98 valence electrons. The number of hydrogen-bond acceptors (Lipinski definition) is 2. The van der Waals surface area contributed by atoms with Gasteiger partial charge < -0.3 is 10.6 Å². The molecule has 4 nitrogen and oxygen atoms in total. The summed E-state index contributed by atoms with van der Waals surface area (Å²) in [4.78, 5) is 23.1. The van der Waals surface area contributed by atoms with Gasteiger partial charge >= 0.3 is 0 Å². The summed E-state index contributed by atoms with van der Waals surface area (Å²) in [5, 5.41) is 5.52. The molecule has 0 heterocycles. The Labute approximate surface area is 104 Å². The molecule has 17 heavy (non-hydrogen) atoms. The van der Waals surface area contributed by atoms with E-state index in [1.807, 2.05) is 0 Å². The van der Waals surface area contributed by atoms with Gasteiger partial charge in [0.15, 0.2) is 0 Å². The number of carbonyl (C=O) groups is 2. The van der Waals surface area contributed by atoms with E-state index in [1.54, 1.807) is 0 Å². The molecule has 2 N–H and O–H groups in total. The van der Waals surface area contributed by atoms with E-state index in [2.05, 4.69) is 17.6 Å². The largest absolute Gasteiger partial charge is 0.355 e. The maximum Gasteiger partial charge on any atom is 0.239 e. The minimum Gasteiger partial charge on any atom is -0.355 e. The van der Waals surface area contributed by atoms with Crippen LogP contribution in [0.25, 0.3) is 0 Å². The maximum absolute atomic E-state index is 11.7. The van der Waals surface area contributed by atoms with Gasteiger partial charge in [0.05, 0.1) is 6.54 Å². The van der Waals surface area contributed by atoms with Gasteiger partial charge in [0, 0.05) is 12.5 Å². The summed E-state index contributed by atoms with van der Waals surface area (Å²) in [7, 11) is 0. The number of nitrogens with one attached hydrogen (secondary N) is 2. The van der Waals surface area contributed by atoms with Crippen LogP contribution in [0.4, 0.5) is 0 Å². The molecule has 0 aromatic carbocycles. The molecule has 0 bridgehead atoms. The van der Waals surface area contributed by atoms with E-state index in [4.69, 9.17) is 0 Å². The highest BCUT2D eigenvalue weighted by Gasteiger charge is 2.20. The van der Waals surface area contributed by atoms with Crippen molar-refractivity contribution < 1.29 is 9.59 Å². The summed E-state index contributed by atoms with van der Waals surface area (Å²) in [6.45, 7) is 2.91. The third kappa shape index (κ3) is 5.71. The average molecular weight is 240 g/mol. The van der Waals surface area contributed by atoms with Gasteiger partial charge in [-0.3, -0.25) is 9.59 Å². The van der Waals surface area contributed by atoms with Crippen LogP contribution in [0.15, 0.2) is 0 Å². The van der Waals surface area contributed by atoms with Crippen LogP contribution in [-0.4, -0.2) is 24.9 Å². The van der Waals surface area contributed by atoms with Crippen molar-refractivity contribution in [2.75, 3.05) is 13.1 Å².